The monoisotopic (exact) mass is 313 g/mol. The maximum Gasteiger partial charge on any atom is 0.242 e. The van der Waals surface area contributed by atoms with E-state index in [1.807, 2.05) is 13.0 Å². The van der Waals surface area contributed by atoms with Gasteiger partial charge in [-0.25, -0.2) is 13.1 Å². The number of nitrogens with one attached hydrogen (secondary N) is 2. The molecule has 2 rings (SSSR count). The lowest BCUT2D eigenvalue weighted by Gasteiger charge is -2.12. The molecule has 1 unspecified atom stereocenters. The lowest BCUT2D eigenvalue weighted by molar-refractivity contribution is 0.543. The lowest BCUT2D eigenvalue weighted by atomic mass is 10.2. The topological polar surface area (TPSA) is 63.1 Å². The molecule has 0 aliphatic heterocycles. The smallest absolute Gasteiger partial charge is 0.242 e. The summed E-state index contributed by atoms with van der Waals surface area (Å²) in [6.45, 7) is 7.62. The van der Waals surface area contributed by atoms with Crippen LogP contribution in [0, 0.1) is 0 Å². The molecule has 1 fully saturated rings. The van der Waals surface area contributed by atoms with Crippen molar-refractivity contribution in [2.45, 2.75) is 70.0 Å². The van der Waals surface area contributed by atoms with E-state index in [2.05, 4.69) is 28.5 Å². The second-order valence-electron chi connectivity index (χ2n) is 5.90. The molecule has 21 heavy (non-hydrogen) atoms. The highest BCUT2D eigenvalue weighted by Gasteiger charge is 2.28. The van der Waals surface area contributed by atoms with E-state index in [9.17, 15) is 8.42 Å². The van der Waals surface area contributed by atoms with Gasteiger partial charge in [0.15, 0.2) is 0 Å². The Morgan fingerprint density at radius 3 is 2.67 bits per heavy atom. The summed E-state index contributed by atoms with van der Waals surface area (Å²) in [6, 6.07) is 2.26. The molecule has 0 aromatic carbocycles. The fraction of sp³-hybridized carbons (Fsp3) is 0.733. The Kier molecular flexibility index (Phi) is 5.46. The largest absolute Gasteiger partial charge is 0.346 e. The third-order valence-corrected chi connectivity index (χ3v) is 5.35. The zero-order chi connectivity index (χ0) is 15.5. The van der Waals surface area contributed by atoms with Gasteiger partial charge in [-0.15, -0.1) is 0 Å². The molecular weight excluding hydrogens is 286 g/mol. The van der Waals surface area contributed by atoms with Crippen molar-refractivity contribution in [3.63, 3.8) is 0 Å². The van der Waals surface area contributed by atoms with E-state index in [1.165, 1.54) is 0 Å². The Bertz CT molecular complexity index is 561. The van der Waals surface area contributed by atoms with Crippen LogP contribution in [0.25, 0.3) is 0 Å². The third-order valence-electron chi connectivity index (χ3n) is 3.79. The number of nitrogens with zero attached hydrogens (tertiary/aromatic N) is 1. The molecule has 6 heteroatoms. The van der Waals surface area contributed by atoms with Crippen molar-refractivity contribution in [1.82, 2.24) is 14.6 Å². The van der Waals surface area contributed by atoms with Gasteiger partial charge in [-0.05, 0) is 38.8 Å². The molecule has 1 aliphatic rings. The molecule has 120 valence electrons. The van der Waals surface area contributed by atoms with Crippen molar-refractivity contribution >= 4 is 10.0 Å². The van der Waals surface area contributed by atoms with Crippen molar-refractivity contribution in [2.75, 3.05) is 6.54 Å². The molecule has 1 aromatic rings. The number of aromatic nitrogens is 1. The van der Waals surface area contributed by atoms with Crippen LogP contribution in [0.15, 0.2) is 17.2 Å². The summed E-state index contributed by atoms with van der Waals surface area (Å²) in [5, 5.41) is 3.28. The fourth-order valence-corrected chi connectivity index (χ4v) is 3.88. The molecule has 0 radical (unpaired) electrons. The number of rotatable bonds is 9. The second kappa shape index (κ2) is 6.94. The first kappa shape index (κ1) is 16.5. The van der Waals surface area contributed by atoms with Gasteiger partial charge in [0.2, 0.25) is 10.0 Å². The molecule has 1 aromatic heterocycles. The second-order valence-corrected chi connectivity index (χ2v) is 7.61. The van der Waals surface area contributed by atoms with Crippen LogP contribution >= 0.6 is 0 Å². The molecule has 0 amide bonds. The van der Waals surface area contributed by atoms with Gasteiger partial charge in [0.25, 0.3) is 0 Å². The first-order valence-electron chi connectivity index (χ1n) is 7.91. The standard InChI is InChI=1S/C15H27N3O2S/c1-4-6-12(3)17-21(19,20)15-9-14(10-16-5-2)18(11-15)13-7-8-13/h9,11-13,16-17H,4-8,10H2,1-3H3. The lowest BCUT2D eigenvalue weighted by Crippen LogP contribution is -2.32. The Hall–Kier alpha value is -0.850. The number of hydrogen-bond acceptors (Lipinski definition) is 3. The summed E-state index contributed by atoms with van der Waals surface area (Å²) in [5.74, 6) is 0. The average Bonchev–Trinajstić information content (AvgIpc) is 3.15. The maximum absolute atomic E-state index is 12.5. The van der Waals surface area contributed by atoms with E-state index in [4.69, 9.17) is 0 Å². The minimum atomic E-state index is -3.41. The average molecular weight is 313 g/mol. The summed E-state index contributed by atoms with van der Waals surface area (Å²) in [7, 11) is -3.41. The third kappa shape index (κ3) is 4.31. The van der Waals surface area contributed by atoms with Gasteiger partial charge in [0.05, 0.1) is 4.90 Å². The first-order valence-corrected chi connectivity index (χ1v) is 9.40. The van der Waals surface area contributed by atoms with Gasteiger partial charge >= 0.3 is 0 Å². The van der Waals surface area contributed by atoms with Crippen LogP contribution in [0.3, 0.4) is 0 Å². The molecule has 2 N–H and O–H groups in total. The molecular formula is C15H27N3O2S. The minimum Gasteiger partial charge on any atom is -0.346 e. The predicted octanol–water partition coefficient (Wildman–Crippen LogP) is 2.40. The van der Waals surface area contributed by atoms with Crippen LogP contribution in [-0.2, 0) is 16.6 Å². The van der Waals surface area contributed by atoms with Crippen LogP contribution in [0.2, 0.25) is 0 Å². The van der Waals surface area contributed by atoms with Gasteiger partial charge in [-0.3, -0.25) is 0 Å². The molecule has 1 atom stereocenters. The minimum absolute atomic E-state index is 0.0264. The Morgan fingerprint density at radius 2 is 2.10 bits per heavy atom. The molecule has 5 nitrogen and oxygen atoms in total. The van der Waals surface area contributed by atoms with Crippen molar-refractivity contribution in [3.8, 4) is 0 Å². The zero-order valence-corrected chi connectivity index (χ0v) is 14.0. The molecule has 0 saturated heterocycles. The predicted molar refractivity (Wildman–Crippen MR) is 84.8 cm³/mol. The zero-order valence-electron chi connectivity index (χ0n) is 13.2. The van der Waals surface area contributed by atoms with Gasteiger partial charge in [0.1, 0.15) is 0 Å². The Labute approximate surface area is 128 Å². The Balaban J connectivity index is 2.18. The molecule has 1 heterocycles. The Morgan fingerprint density at radius 1 is 1.38 bits per heavy atom. The van der Waals surface area contributed by atoms with E-state index in [0.29, 0.717) is 17.5 Å². The first-order chi connectivity index (χ1) is 9.97. The van der Waals surface area contributed by atoms with E-state index in [1.54, 1.807) is 6.20 Å². The number of hydrogen-bond donors (Lipinski definition) is 2. The summed E-state index contributed by atoms with van der Waals surface area (Å²) >= 11 is 0. The van der Waals surface area contributed by atoms with Gasteiger partial charge in [-0.2, -0.15) is 0 Å². The van der Waals surface area contributed by atoms with Crippen LogP contribution in [0.1, 0.15) is 58.2 Å². The number of sulfonamides is 1. The molecule has 0 bridgehead atoms. The normalized spacial score (nSPS) is 17.1. The van der Waals surface area contributed by atoms with E-state index >= 15 is 0 Å². The molecule has 1 saturated carbocycles. The highest BCUT2D eigenvalue weighted by atomic mass is 32.2. The summed E-state index contributed by atoms with van der Waals surface area (Å²) in [6.07, 6.45) is 5.91. The fourth-order valence-electron chi connectivity index (χ4n) is 2.56. The highest BCUT2D eigenvalue weighted by Crippen LogP contribution is 2.37. The van der Waals surface area contributed by atoms with E-state index in [0.717, 1.165) is 37.9 Å². The van der Waals surface area contributed by atoms with Crippen molar-refractivity contribution in [2.24, 2.45) is 0 Å². The summed E-state index contributed by atoms with van der Waals surface area (Å²) < 4.78 is 29.8. The summed E-state index contributed by atoms with van der Waals surface area (Å²) in [4.78, 5) is 0.394. The van der Waals surface area contributed by atoms with Crippen molar-refractivity contribution in [1.29, 1.82) is 0 Å². The van der Waals surface area contributed by atoms with Crippen molar-refractivity contribution < 1.29 is 8.42 Å². The van der Waals surface area contributed by atoms with Crippen LogP contribution in [0.5, 0.6) is 0 Å². The van der Waals surface area contributed by atoms with Gasteiger partial charge in [-0.1, -0.05) is 20.3 Å². The molecule has 0 spiro atoms. The van der Waals surface area contributed by atoms with Gasteiger partial charge in [0, 0.05) is 30.5 Å². The quantitative estimate of drug-likeness (QED) is 0.736. The van der Waals surface area contributed by atoms with E-state index < -0.39 is 10.0 Å². The van der Waals surface area contributed by atoms with E-state index in [-0.39, 0.29) is 6.04 Å². The highest BCUT2D eigenvalue weighted by molar-refractivity contribution is 7.89. The molecule has 1 aliphatic carbocycles. The van der Waals surface area contributed by atoms with Crippen LogP contribution < -0.4 is 10.0 Å². The van der Waals surface area contributed by atoms with Gasteiger partial charge < -0.3 is 9.88 Å². The van der Waals surface area contributed by atoms with Crippen LogP contribution in [0.4, 0.5) is 0 Å². The SMILES string of the molecule is CCCC(C)NS(=O)(=O)c1cc(CNCC)n(C2CC2)c1. The summed E-state index contributed by atoms with van der Waals surface area (Å²) in [5.41, 5.74) is 1.06. The maximum atomic E-state index is 12.5. The van der Waals surface area contributed by atoms with Crippen LogP contribution in [-0.4, -0.2) is 25.6 Å². The van der Waals surface area contributed by atoms with Crippen molar-refractivity contribution in [3.05, 3.63) is 18.0 Å².